The predicted octanol–water partition coefficient (Wildman–Crippen LogP) is 3.93. The second kappa shape index (κ2) is 16.1. The number of carbonyl (C=O) groups is 1. The van der Waals surface area contributed by atoms with Gasteiger partial charge in [-0.2, -0.15) is 0 Å². The SMILES string of the molecule is CCCCCCCCCCCCCC[n+]1cc[nH]c1-c1ccc(CC)cc1C(=O)O.[Br-]. The van der Waals surface area contributed by atoms with E-state index in [0.717, 1.165) is 36.3 Å². The maximum absolute atomic E-state index is 11.7. The van der Waals surface area contributed by atoms with Crippen LogP contribution in [0.15, 0.2) is 30.6 Å². The number of hydrogen-bond acceptors (Lipinski definition) is 1. The Kier molecular flexibility index (Phi) is 14.2. The fraction of sp³-hybridized carbons (Fsp3) is 0.615. The smallest absolute Gasteiger partial charge is 0.336 e. The average Bonchev–Trinajstić information content (AvgIpc) is 3.22. The number of carboxylic acid groups (broad SMARTS) is 1. The molecule has 1 heterocycles. The zero-order chi connectivity index (χ0) is 21.6. The summed E-state index contributed by atoms with van der Waals surface area (Å²) in [6, 6.07) is 5.76. The number of aromatic carboxylic acids is 1. The molecule has 0 radical (unpaired) electrons. The van der Waals surface area contributed by atoms with E-state index in [1.165, 1.54) is 70.6 Å². The molecule has 1 aromatic heterocycles. The van der Waals surface area contributed by atoms with Crippen molar-refractivity contribution in [1.82, 2.24) is 4.98 Å². The van der Waals surface area contributed by atoms with Crippen LogP contribution in [0.5, 0.6) is 0 Å². The van der Waals surface area contributed by atoms with E-state index in [1.54, 1.807) is 6.07 Å². The van der Waals surface area contributed by atoms with Gasteiger partial charge in [0.15, 0.2) is 0 Å². The third-order valence-corrected chi connectivity index (χ3v) is 5.99. The lowest BCUT2D eigenvalue weighted by Crippen LogP contribution is -3.00. The highest BCUT2D eigenvalue weighted by molar-refractivity contribution is 5.94. The summed E-state index contributed by atoms with van der Waals surface area (Å²) in [6.45, 7) is 5.24. The van der Waals surface area contributed by atoms with E-state index in [0.29, 0.717) is 5.56 Å². The molecule has 0 saturated carbocycles. The molecule has 2 aromatic rings. The molecule has 2 rings (SSSR count). The zero-order valence-electron chi connectivity index (χ0n) is 19.5. The number of aromatic amines is 1. The van der Waals surface area contributed by atoms with Crippen LogP contribution in [0.3, 0.4) is 0 Å². The maximum atomic E-state index is 11.7. The normalized spacial score (nSPS) is 10.8. The molecule has 0 aliphatic rings. The van der Waals surface area contributed by atoms with Gasteiger partial charge in [-0.3, -0.25) is 0 Å². The molecular formula is C26H41BrN2O2. The average molecular weight is 494 g/mol. The topological polar surface area (TPSA) is 57.0 Å². The number of unbranched alkanes of at least 4 members (excludes halogenated alkanes) is 11. The van der Waals surface area contributed by atoms with Gasteiger partial charge in [0.05, 0.1) is 17.7 Å². The Morgan fingerprint density at radius 1 is 0.903 bits per heavy atom. The summed E-state index contributed by atoms with van der Waals surface area (Å²) in [6.07, 6.45) is 20.8. The highest BCUT2D eigenvalue weighted by Crippen LogP contribution is 2.22. The first-order valence-corrected chi connectivity index (χ1v) is 12.1. The van der Waals surface area contributed by atoms with Gasteiger partial charge in [0.1, 0.15) is 12.4 Å². The Balaban J connectivity index is 0.00000480. The lowest BCUT2D eigenvalue weighted by molar-refractivity contribution is -0.685. The van der Waals surface area contributed by atoms with Crippen LogP contribution < -0.4 is 21.5 Å². The van der Waals surface area contributed by atoms with Gasteiger partial charge in [0, 0.05) is 0 Å². The van der Waals surface area contributed by atoms with Gasteiger partial charge in [-0.15, -0.1) is 0 Å². The van der Waals surface area contributed by atoms with Crippen molar-refractivity contribution in [3.8, 4) is 11.4 Å². The Morgan fingerprint density at radius 3 is 2.03 bits per heavy atom. The summed E-state index contributed by atoms with van der Waals surface area (Å²) < 4.78 is 2.16. The Bertz CT molecular complexity index is 758. The predicted molar refractivity (Wildman–Crippen MR) is 124 cm³/mol. The first-order chi connectivity index (χ1) is 14.7. The molecule has 174 valence electrons. The lowest BCUT2D eigenvalue weighted by atomic mass is 10.0. The number of halogens is 1. The van der Waals surface area contributed by atoms with Crippen molar-refractivity contribution < 1.29 is 31.4 Å². The monoisotopic (exact) mass is 492 g/mol. The summed E-state index contributed by atoms with van der Waals surface area (Å²) in [5.74, 6) is 0.0185. The van der Waals surface area contributed by atoms with Crippen LogP contribution >= 0.6 is 0 Å². The molecule has 0 aliphatic carbocycles. The molecule has 0 amide bonds. The van der Waals surface area contributed by atoms with E-state index in [4.69, 9.17) is 0 Å². The van der Waals surface area contributed by atoms with Crippen molar-refractivity contribution in [3.63, 3.8) is 0 Å². The highest BCUT2D eigenvalue weighted by Gasteiger charge is 2.20. The number of nitrogens with zero attached hydrogens (tertiary/aromatic N) is 1. The first kappa shape index (κ1) is 27.4. The van der Waals surface area contributed by atoms with Gasteiger partial charge >= 0.3 is 5.97 Å². The number of aryl methyl sites for hydroxylation is 2. The number of benzene rings is 1. The second-order valence-electron chi connectivity index (χ2n) is 8.43. The molecular weight excluding hydrogens is 452 g/mol. The number of rotatable bonds is 16. The summed E-state index contributed by atoms with van der Waals surface area (Å²) in [4.78, 5) is 15.0. The third kappa shape index (κ3) is 9.59. The van der Waals surface area contributed by atoms with Crippen LogP contribution in [0.25, 0.3) is 11.4 Å². The van der Waals surface area contributed by atoms with Crippen LogP contribution in [0.1, 0.15) is 107 Å². The van der Waals surface area contributed by atoms with Gasteiger partial charge in [0.25, 0.3) is 5.82 Å². The van der Waals surface area contributed by atoms with Gasteiger partial charge in [-0.05, 0) is 37.0 Å². The Labute approximate surface area is 199 Å². The molecule has 0 spiro atoms. The quantitative estimate of drug-likeness (QED) is 0.275. The molecule has 0 unspecified atom stereocenters. The lowest BCUT2D eigenvalue weighted by Gasteiger charge is -2.07. The van der Waals surface area contributed by atoms with E-state index < -0.39 is 5.97 Å². The van der Waals surface area contributed by atoms with Gasteiger partial charge in [-0.1, -0.05) is 84.1 Å². The second-order valence-corrected chi connectivity index (χ2v) is 8.43. The van der Waals surface area contributed by atoms with Crippen molar-refractivity contribution in [2.75, 3.05) is 0 Å². The van der Waals surface area contributed by atoms with E-state index in [2.05, 4.69) is 16.5 Å². The maximum Gasteiger partial charge on any atom is 0.336 e. The molecule has 0 bridgehead atoms. The van der Waals surface area contributed by atoms with Crippen molar-refractivity contribution in [3.05, 3.63) is 41.7 Å². The fourth-order valence-electron chi connectivity index (χ4n) is 4.10. The number of imidazole rings is 1. The fourth-order valence-corrected chi connectivity index (χ4v) is 4.10. The van der Waals surface area contributed by atoms with E-state index >= 15 is 0 Å². The Hall–Kier alpha value is -1.62. The summed E-state index contributed by atoms with van der Waals surface area (Å²) in [5, 5.41) is 9.64. The molecule has 31 heavy (non-hydrogen) atoms. The van der Waals surface area contributed by atoms with Crippen LogP contribution in [0, 0.1) is 0 Å². The number of nitrogens with one attached hydrogen (secondary N) is 1. The van der Waals surface area contributed by atoms with Crippen molar-refractivity contribution >= 4 is 5.97 Å². The molecule has 0 saturated heterocycles. The minimum absolute atomic E-state index is 0. The van der Waals surface area contributed by atoms with Crippen molar-refractivity contribution in [1.29, 1.82) is 0 Å². The van der Waals surface area contributed by atoms with Crippen molar-refractivity contribution in [2.45, 2.75) is 104 Å². The summed E-state index contributed by atoms with van der Waals surface area (Å²) in [5.41, 5.74) is 2.19. The third-order valence-electron chi connectivity index (χ3n) is 5.99. The van der Waals surface area contributed by atoms with E-state index in [-0.39, 0.29) is 17.0 Å². The first-order valence-electron chi connectivity index (χ1n) is 12.1. The van der Waals surface area contributed by atoms with Gasteiger partial charge < -0.3 is 22.1 Å². The molecule has 0 fully saturated rings. The zero-order valence-corrected chi connectivity index (χ0v) is 21.1. The summed E-state index contributed by atoms with van der Waals surface area (Å²) >= 11 is 0. The van der Waals surface area contributed by atoms with Crippen LogP contribution in [0.2, 0.25) is 0 Å². The van der Waals surface area contributed by atoms with Gasteiger partial charge in [-0.25, -0.2) is 14.3 Å². The summed E-state index contributed by atoms with van der Waals surface area (Å²) in [7, 11) is 0. The molecule has 0 aliphatic heterocycles. The van der Waals surface area contributed by atoms with Crippen molar-refractivity contribution in [2.24, 2.45) is 0 Å². The molecule has 5 heteroatoms. The van der Waals surface area contributed by atoms with Crippen LogP contribution in [-0.4, -0.2) is 16.1 Å². The number of hydrogen-bond donors (Lipinski definition) is 2. The van der Waals surface area contributed by atoms with Crippen LogP contribution in [0.4, 0.5) is 0 Å². The molecule has 0 atom stereocenters. The highest BCUT2D eigenvalue weighted by atomic mass is 79.9. The number of aromatic nitrogens is 2. The standard InChI is InChI=1S/C26H40N2O2.BrH/c1-3-5-6-7-8-9-10-11-12-13-14-15-19-28-20-18-27-25(28)23-17-16-22(4-2)21-24(23)26(29)30;/h16-18,20-21H,3-15,19H2,1-2H3,(H,29,30);1H. The minimum Gasteiger partial charge on any atom is -1.00 e. The number of H-pyrrole nitrogens is 1. The van der Waals surface area contributed by atoms with Gasteiger partial charge in [0.2, 0.25) is 0 Å². The van der Waals surface area contributed by atoms with E-state index in [9.17, 15) is 9.90 Å². The van der Waals surface area contributed by atoms with Crippen LogP contribution in [-0.2, 0) is 13.0 Å². The molecule has 4 nitrogen and oxygen atoms in total. The molecule has 2 N–H and O–H groups in total. The number of carboxylic acids is 1. The Morgan fingerprint density at radius 2 is 1.48 bits per heavy atom. The minimum atomic E-state index is -0.869. The largest absolute Gasteiger partial charge is 1.00 e. The van der Waals surface area contributed by atoms with E-state index in [1.807, 2.05) is 31.5 Å². The molecule has 1 aromatic carbocycles.